The zero-order valence-corrected chi connectivity index (χ0v) is 13.5. The van der Waals surface area contributed by atoms with Crippen molar-refractivity contribution in [2.75, 3.05) is 7.05 Å². The van der Waals surface area contributed by atoms with Gasteiger partial charge in [0.1, 0.15) is 0 Å². The first-order chi connectivity index (χ1) is 9.04. The van der Waals surface area contributed by atoms with Gasteiger partial charge in [0.2, 0.25) is 0 Å². The lowest BCUT2D eigenvalue weighted by Crippen LogP contribution is -2.20. The molecule has 19 heavy (non-hydrogen) atoms. The highest BCUT2D eigenvalue weighted by atomic mass is 79.9. The molecule has 0 aliphatic carbocycles. The zero-order chi connectivity index (χ0) is 14.0. The molecule has 3 nitrogen and oxygen atoms in total. The fourth-order valence-electron chi connectivity index (χ4n) is 2.53. The second-order valence-corrected chi connectivity index (χ2v) is 5.70. The van der Waals surface area contributed by atoms with Crippen molar-refractivity contribution in [3.63, 3.8) is 0 Å². The first kappa shape index (κ1) is 14.3. The number of halogens is 1. The molecule has 102 valence electrons. The van der Waals surface area contributed by atoms with E-state index in [2.05, 4.69) is 58.4 Å². The van der Waals surface area contributed by atoms with Crippen LogP contribution in [0.15, 0.2) is 28.7 Å². The van der Waals surface area contributed by atoms with Crippen molar-refractivity contribution in [1.82, 2.24) is 15.1 Å². The first-order valence-corrected chi connectivity index (χ1v) is 7.24. The molecule has 2 rings (SSSR count). The Morgan fingerprint density at radius 3 is 2.53 bits per heavy atom. The number of nitrogens with zero attached hydrogens (tertiary/aromatic N) is 2. The van der Waals surface area contributed by atoms with Crippen molar-refractivity contribution < 1.29 is 0 Å². The van der Waals surface area contributed by atoms with Gasteiger partial charge in [0.15, 0.2) is 0 Å². The molecule has 0 radical (unpaired) electrons. The average Bonchev–Trinajstić information content (AvgIpc) is 2.63. The molecular weight excluding hydrogens is 302 g/mol. The van der Waals surface area contributed by atoms with E-state index in [1.807, 2.05) is 24.8 Å². The van der Waals surface area contributed by atoms with Crippen LogP contribution in [-0.2, 0) is 13.5 Å². The van der Waals surface area contributed by atoms with Crippen LogP contribution in [-0.4, -0.2) is 16.8 Å². The van der Waals surface area contributed by atoms with E-state index >= 15 is 0 Å². The molecular formula is C15H20BrN3. The average molecular weight is 322 g/mol. The van der Waals surface area contributed by atoms with Gasteiger partial charge in [0.05, 0.1) is 5.69 Å². The smallest absolute Gasteiger partial charge is 0.0644 e. The molecule has 0 saturated carbocycles. The summed E-state index contributed by atoms with van der Waals surface area (Å²) in [6.07, 6.45) is 0.950. The maximum Gasteiger partial charge on any atom is 0.0644 e. The van der Waals surface area contributed by atoms with Crippen LogP contribution in [0.2, 0.25) is 0 Å². The third kappa shape index (κ3) is 2.90. The van der Waals surface area contributed by atoms with Gasteiger partial charge in [-0.3, -0.25) is 4.68 Å². The van der Waals surface area contributed by atoms with E-state index < -0.39 is 0 Å². The van der Waals surface area contributed by atoms with Gasteiger partial charge >= 0.3 is 0 Å². The van der Waals surface area contributed by atoms with Crippen molar-refractivity contribution in [3.05, 3.63) is 51.3 Å². The van der Waals surface area contributed by atoms with Crippen LogP contribution < -0.4 is 5.32 Å². The molecule has 0 amide bonds. The SMILES string of the molecule is CNC(Cc1ccccc1Br)c1c(C)nn(C)c1C. The summed E-state index contributed by atoms with van der Waals surface area (Å²) >= 11 is 3.62. The van der Waals surface area contributed by atoms with Gasteiger partial charge in [-0.05, 0) is 38.9 Å². The Labute approximate surface area is 123 Å². The molecule has 0 aliphatic heterocycles. The summed E-state index contributed by atoms with van der Waals surface area (Å²) in [5, 5.41) is 7.92. The maximum absolute atomic E-state index is 4.51. The minimum absolute atomic E-state index is 0.285. The number of benzene rings is 1. The zero-order valence-electron chi connectivity index (χ0n) is 11.9. The summed E-state index contributed by atoms with van der Waals surface area (Å²) in [6, 6.07) is 8.66. The molecule has 0 aliphatic rings. The third-order valence-electron chi connectivity index (χ3n) is 3.64. The largest absolute Gasteiger partial charge is 0.313 e. The Morgan fingerprint density at radius 1 is 1.32 bits per heavy atom. The van der Waals surface area contributed by atoms with Crippen molar-refractivity contribution in [2.45, 2.75) is 26.3 Å². The lowest BCUT2D eigenvalue weighted by atomic mass is 9.97. The van der Waals surface area contributed by atoms with Crippen molar-refractivity contribution in [2.24, 2.45) is 7.05 Å². The van der Waals surface area contributed by atoms with Gasteiger partial charge in [0.25, 0.3) is 0 Å². The standard InChI is InChI=1S/C15H20BrN3/c1-10-15(11(2)19(4)18-10)14(17-3)9-12-7-5-6-8-13(12)16/h5-8,14,17H,9H2,1-4H3. The Morgan fingerprint density at radius 2 is 2.00 bits per heavy atom. The molecule has 0 spiro atoms. The Hall–Kier alpha value is -1.13. The first-order valence-electron chi connectivity index (χ1n) is 6.45. The second-order valence-electron chi connectivity index (χ2n) is 4.84. The Balaban J connectivity index is 2.33. The molecule has 1 unspecified atom stereocenters. The van der Waals surface area contributed by atoms with Gasteiger partial charge in [-0.1, -0.05) is 34.1 Å². The van der Waals surface area contributed by atoms with Crippen molar-refractivity contribution in [3.8, 4) is 0 Å². The summed E-state index contributed by atoms with van der Waals surface area (Å²) in [5.41, 5.74) is 4.94. The number of aromatic nitrogens is 2. The summed E-state index contributed by atoms with van der Waals surface area (Å²) in [4.78, 5) is 0. The normalized spacial score (nSPS) is 12.7. The molecule has 1 N–H and O–H groups in total. The highest BCUT2D eigenvalue weighted by molar-refractivity contribution is 9.10. The third-order valence-corrected chi connectivity index (χ3v) is 4.42. The van der Waals surface area contributed by atoms with Gasteiger partial charge in [-0.25, -0.2) is 0 Å². The van der Waals surface area contributed by atoms with Gasteiger partial charge < -0.3 is 5.32 Å². The molecule has 1 aromatic carbocycles. The predicted octanol–water partition coefficient (Wildman–Crippen LogP) is 3.30. The summed E-state index contributed by atoms with van der Waals surface area (Å²) < 4.78 is 3.11. The van der Waals surface area contributed by atoms with E-state index in [1.54, 1.807) is 0 Å². The topological polar surface area (TPSA) is 29.9 Å². The van der Waals surface area contributed by atoms with Crippen LogP contribution in [0.25, 0.3) is 0 Å². The summed E-state index contributed by atoms with van der Waals surface area (Å²) in [5.74, 6) is 0. The van der Waals surface area contributed by atoms with Crippen LogP contribution in [0.1, 0.15) is 28.6 Å². The predicted molar refractivity (Wildman–Crippen MR) is 82.3 cm³/mol. The lowest BCUT2D eigenvalue weighted by Gasteiger charge is -2.18. The minimum atomic E-state index is 0.285. The quantitative estimate of drug-likeness (QED) is 0.936. The van der Waals surface area contributed by atoms with Gasteiger partial charge in [-0.15, -0.1) is 0 Å². The molecule has 4 heteroatoms. The van der Waals surface area contributed by atoms with Gasteiger partial charge in [0, 0.05) is 28.8 Å². The summed E-state index contributed by atoms with van der Waals surface area (Å²) in [6.45, 7) is 4.20. The Bertz CT molecular complexity index is 575. The number of hydrogen-bond donors (Lipinski definition) is 1. The number of hydrogen-bond acceptors (Lipinski definition) is 2. The number of rotatable bonds is 4. The van der Waals surface area contributed by atoms with E-state index in [0.717, 1.165) is 16.6 Å². The fraction of sp³-hybridized carbons (Fsp3) is 0.400. The molecule has 2 aromatic rings. The van der Waals surface area contributed by atoms with Crippen LogP contribution in [0.4, 0.5) is 0 Å². The van der Waals surface area contributed by atoms with Crippen molar-refractivity contribution in [1.29, 1.82) is 0 Å². The van der Waals surface area contributed by atoms with Crippen LogP contribution in [0.3, 0.4) is 0 Å². The van der Waals surface area contributed by atoms with E-state index in [4.69, 9.17) is 0 Å². The van der Waals surface area contributed by atoms with Crippen LogP contribution in [0, 0.1) is 13.8 Å². The maximum atomic E-state index is 4.51. The minimum Gasteiger partial charge on any atom is -0.313 e. The Kier molecular flexibility index (Phi) is 4.42. The monoisotopic (exact) mass is 321 g/mol. The van der Waals surface area contributed by atoms with Crippen LogP contribution >= 0.6 is 15.9 Å². The van der Waals surface area contributed by atoms with E-state index in [0.29, 0.717) is 0 Å². The molecule has 0 bridgehead atoms. The lowest BCUT2D eigenvalue weighted by molar-refractivity contribution is 0.583. The highest BCUT2D eigenvalue weighted by Gasteiger charge is 2.19. The fourth-order valence-corrected chi connectivity index (χ4v) is 2.97. The van der Waals surface area contributed by atoms with E-state index in [1.165, 1.54) is 16.8 Å². The molecule has 0 fully saturated rings. The number of aryl methyl sites for hydroxylation is 2. The molecule has 1 heterocycles. The molecule has 1 aromatic heterocycles. The number of nitrogens with one attached hydrogen (secondary N) is 1. The number of likely N-dealkylation sites (N-methyl/N-ethyl adjacent to an activating group) is 1. The molecule has 0 saturated heterocycles. The van der Waals surface area contributed by atoms with Crippen molar-refractivity contribution >= 4 is 15.9 Å². The summed E-state index contributed by atoms with van der Waals surface area (Å²) in [7, 11) is 4.00. The highest BCUT2D eigenvalue weighted by Crippen LogP contribution is 2.27. The van der Waals surface area contributed by atoms with Crippen LogP contribution in [0.5, 0.6) is 0 Å². The van der Waals surface area contributed by atoms with E-state index in [9.17, 15) is 0 Å². The van der Waals surface area contributed by atoms with E-state index in [-0.39, 0.29) is 6.04 Å². The molecule has 1 atom stereocenters. The second kappa shape index (κ2) is 5.88. The van der Waals surface area contributed by atoms with Gasteiger partial charge in [-0.2, -0.15) is 5.10 Å².